The Morgan fingerprint density at radius 2 is 2.07 bits per heavy atom. The van der Waals surface area contributed by atoms with Crippen LogP contribution in [0.15, 0.2) is 30.7 Å². The molecule has 4 rings (SSSR count). The summed E-state index contributed by atoms with van der Waals surface area (Å²) in [5.74, 6) is -0.258. The van der Waals surface area contributed by atoms with Crippen molar-refractivity contribution in [1.29, 1.82) is 0 Å². The maximum absolute atomic E-state index is 13.3. The minimum atomic E-state index is -4.33. The lowest BCUT2D eigenvalue weighted by atomic mass is 10.2. The zero-order valence-electron chi connectivity index (χ0n) is 15.9. The SMILES string of the molecule is Cc1cncc(NC(=O)c2c(C)nn3ccc(N4CCC[C@@H]4C(F)(F)F)nc23)c1. The molecule has 0 unspecified atom stereocenters. The van der Waals surface area contributed by atoms with Crippen LogP contribution in [0.4, 0.5) is 24.7 Å². The molecule has 10 heteroatoms. The van der Waals surface area contributed by atoms with Gasteiger partial charge in [0.1, 0.15) is 17.4 Å². The molecule has 4 heterocycles. The molecule has 1 aliphatic rings. The first kappa shape index (κ1) is 19.2. The van der Waals surface area contributed by atoms with Crippen molar-refractivity contribution in [3.05, 3.63) is 47.5 Å². The lowest BCUT2D eigenvalue weighted by molar-refractivity contribution is -0.146. The third kappa shape index (κ3) is 3.62. The quantitative estimate of drug-likeness (QED) is 0.723. The number of fused-ring (bicyclic) bond motifs is 1. The van der Waals surface area contributed by atoms with Gasteiger partial charge in [0.25, 0.3) is 5.91 Å². The van der Waals surface area contributed by atoms with Crippen LogP contribution in [-0.4, -0.2) is 44.3 Å². The minimum Gasteiger partial charge on any atom is -0.344 e. The first-order valence-electron chi connectivity index (χ1n) is 9.16. The van der Waals surface area contributed by atoms with E-state index in [9.17, 15) is 18.0 Å². The summed E-state index contributed by atoms with van der Waals surface area (Å²) in [5.41, 5.74) is 2.26. The molecular formula is C19H19F3N6O. The fraction of sp³-hybridized carbons (Fsp3) is 0.368. The average Bonchev–Trinajstić information content (AvgIpc) is 3.24. The van der Waals surface area contributed by atoms with Crippen LogP contribution in [0.5, 0.6) is 0 Å². The van der Waals surface area contributed by atoms with E-state index in [1.54, 1.807) is 19.2 Å². The van der Waals surface area contributed by atoms with Crippen molar-refractivity contribution < 1.29 is 18.0 Å². The molecule has 152 valence electrons. The highest BCUT2D eigenvalue weighted by Gasteiger charge is 2.46. The molecule has 1 saturated heterocycles. The Hall–Kier alpha value is -3.17. The van der Waals surface area contributed by atoms with Crippen molar-refractivity contribution in [3.8, 4) is 0 Å². The number of nitrogens with one attached hydrogen (secondary N) is 1. The number of amides is 1. The summed E-state index contributed by atoms with van der Waals surface area (Å²) < 4.78 is 41.4. The van der Waals surface area contributed by atoms with Crippen LogP contribution in [0.3, 0.4) is 0 Å². The van der Waals surface area contributed by atoms with Crippen molar-refractivity contribution in [2.75, 3.05) is 16.8 Å². The number of carbonyl (C=O) groups excluding carboxylic acids is 1. The third-order valence-corrected chi connectivity index (χ3v) is 4.93. The van der Waals surface area contributed by atoms with Crippen molar-refractivity contribution >= 4 is 23.1 Å². The number of halogens is 3. The monoisotopic (exact) mass is 404 g/mol. The number of nitrogens with zero attached hydrogens (tertiary/aromatic N) is 5. The van der Waals surface area contributed by atoms with E-state index in [2.05, 4.69) is 20.4 Å². The molecule has 0 saturated carbocycles. The molecule has 7 nitrogen and oxygen atoms in total. The second-order valence-corrected chi connectivity index (χ2v) is 7.11. The molecule has 0 aliphatic carbocycles. The van der Waals surface area contributed by atoms with Gasteiger partial charge >= 0.3 is 6.18 Å². The zero-order chi connectivity index (χ0) is 20.8. The van der Waals surface area contributed by atoms with Crippen molar-refractivity contribution in [1.82, 2.24) is 19.6 Å². The van der Waals surface area contributed by atoms with E-state index in [1.165, 1.54) is 27.9 Å². The van der Waals surface area contributed by atoms with Gasteiger partial charge in [0.15, 0.2) is 5.65 Å². The van der Waals surface area contributed by atoms with E-state index in [1.807, 2.05) is 6.92 Å². The number of hydrogen-bond acceptors (Lipinski definition) is 5. The minimum absolute atomic E-state index is 0.0301. The van der Waals surface area contributed by atoms with E-state index >= 15 is 0 Å². The lowest BCUT2D eigenvalue weighted by Gasteiger charge is -2.27. The summed E-state index contributed by atoms with van der Waals surface area (Å²) >= 11 is 0. The number of alkyl halides is 3. The van der Waals surface area contributed by atoms with Crippen molar-refractivity contribution in [3.63, 3.8) is 0 Å². The van der Waals surface area contributed by atoms with E-state index in [4.69, 9.17) is 0 Å². The molecule has 29 heavy (non-hydrogen) atoms. The molecular weight excluding hydrogens is 385 g/mol. The molecule has 1 amide bonds. The van der Waals surface area contributed by atoms with Gasteiger partial charge in [-0.2, -0.15) is 18.3 Å². The van der Waals surface area contributed by atoms with Gasteiger partial charge in [-0.25, -0.2) is 9.50 Å². The van der Waals surface area contributed by atoms with E-state index in [0.29, 0.717) is 17.8 Å². The number of rotatable bonds is 3. The molecule has 0 radical (unpaired) electrons. The van der Waals surface area contributed by atoms with Crippen LogP contribution in [-0.2, 0) is 0 Å². The number of anilines is 2. The largest absolute Gasteiger partial charge is 0.408 e. The Morgan fingerprint density at radius 3 is 2.79 bits per heavy atom. The average molecular weight is 404 g/mol. The normalized spacial score (nSPS) is 17.1. The summed E-state index contributed by atoms with van der Waals surface area (Å²) in [6.07, 6.45) is 0.839. The van der Waals surface area contributed by atoms with Gasteiger partial charge in [0.05, 0.1) is 17.6 Å². The number of aryl methyl sites for hydroxylation is 2. The van der Waals surface area contributed by atoms with Crippen LogP contribution in [0.2, 0.25) is 0 Å². The Balaban J connectivity index is 1.71. The maximum atomic E-state index is 13.3. The van der Waals surface area contributed by atoms with Gasteiger partial charge in [-0.1, -0.05) is 0 Å². The molecule has 0 spiro atoms. The van der Waals surface area contributed by atoms with Gasteiger partial charge in [-0.05, 0) is 44.4 Å². The fourth-order valence-electron chi connectivity index (χ4n) is 3.65. The summed E-state index contributed by atoms with van der Waals surface area (Å²) in [7, 11) is 0. The lowest BCUT2D eigenvalue weighted by Crippen LogP contribution is -2.41. The first-order valence-corrected chi connectivity index (χ1v) is 9.16. The summed E-state index contributed by atoms with van der Waals surface area (Å²) in [6.45, 7) is 3.77. The van der Waals surface area contributed by atoms with Crippen LogP contribution < -0.4 is 10.2 Å². The Morgan fingerprint density at radius 1 is 1.28 bits per heavy atom. The summed E-state index contributed by atoms with van der Waals surface area (Å²) in [5, 5.41) is 7.02. The van der Waals surface area contributed by atoms with Crippen molar-refractivity contribution in [2.45, 2.75) is 38.9 Å². The van der Waals surface area contributed by atoms with Crippen LogP contribution >= 0.6 is 0 Å². The van der Waals surface area contributed by atoms with E-state index in [0.717, 1.165) is 5.56 Å². The molecule has 1 atom stereocenters. The Labute approximate surface area is 164 Å². The topological polar surface area (TPSA) is 75.4 Å². The van der Waals surface area contributed by atoms with Gasteiger partial charge in [0.2, 0.25) is 0 Å². The summed E-state index contributed by atoms with van der Waals surface area (Å²) in [4.78, 5) is 22.5. The predicted molar refractivity (Wildman–Crippen MR) is 101 cm³/mol. The van der Waals surface area contributed by atoms with Crippen LogP contribution in [0.1, 0.15) is 34.5 Å². The molecule has 0 aromatic carbocycles. The number of pyridine rings is 1. The Bertz CT molecular complexity index is 1080. The van der Waals surface area contributed by atoms with E-state index < -0.39 is 18.1 Å². The molecule has 3 aromatic rings. The second kappa shape index (κ2) is 7.02. The van der Waals surface area contributed by atoms with Crippen molar-refractivity contribution in [2.24, 2.45) is 0 Å². The van der Waals surface area contributed by atoms with Crippen LogP contribution in [0, 0.1) is 13.8 Å². The number of hydrogen-bond donors (Lipinski definition) is 1. The van der Waals surface area contributed by atoms with Crippen LogP contribution in [0.25, 0.3) is 5.65 Å². The number of carbonyl (C=O) groups is 1. The smallest absolute Gasteiger partial charge is 0.344 e. The Kier molecular flexibility index (Phi) is 4.64. The molecule has 0 bridgehead atoms. The molecule has 1 aliphatic heterocycles. The second-order valence-electron chi connectivity index (χ2n) is 7.11. The highest BCUT2D eigenvalue weighted by Crippen LogP contribution is 2.35. The van der Waals surface area contributed by atoms with Gasteiger partial charge in [-0.15, -0.1) is 0 Å². The third-order valence-electron chi connectivity index (χ3n) is 4.93. The predicted octanol–water partition coefficient (Wildman–Crippen LogP) is 3.52. The standard InChI is InChI=1S/C19H19F3N6O/c1-11-8-13(10-23-9-11)24-18(29)16-12(2)26-28-7-5-15(25-17(16)28)27-6-3-4-14(27)19(20,21)22/h5,7-10,14H,3-4,6H2,1-2H3,(H,24,29)/t14-/m1/s1. The fourth-order valence-corrected chi connectivity index (χ4v) is 3.65. The number of aromatic nitrogens is 4. The van der Waals surface area contributed by atoms with Gasteiger partial charge < -0.3 is 10.2 Å². The zero-order valence-corrected chi connectivity index (χ0v) is 15.9. The highest BCUT2D eigenvalue weighted by atomic mass is 19.4. The van der Waals surface area contributed by atoms with Gasteiger partial charge in [-0.3, -0.25) is 9.78 Å². The van der Waals surface area contributed by atoms with Gasteiger partial charge in [0, 0.05) is 18.9 Å². The summed E-state index contributed by atoms with van der Waals surface area (Å²) in [6, 6.07) is 1.69. The van der Waals surface area contributed by atoms with E-state index in [-0.39, 0.29) is 30.0 Å². The first-order chi connectivity index (χ1) is 13.7. The molecule has 1 fully saturated rings. The molecule has 1 N–H and O–H groups in total. The maximum Gasteiger partial charge on any atom is 0.408 e. The highest BCUT2D eigenvalue weighted by molar-refractivity contribution is 6.09. The molecule has 3 aromatic heterocycles.